The van der Waals surface area contributed by atoms with Crippen molar-refractivity contribution in [3.05, 3.63) is 29.3 Å². The summed E-state index contributed by atoms with van der Waals surface area (Å²) in [7, 11) is 0. The van der Waals surface area contributed by atoms with Crippen LogP contribution in [0, 0.1) is 0 Å². The molecule has 1 aromatic rings. The van der Waals surface area contributed by atoms with E-state index >= 15 is 0 Å². The highest BCUT2D eigenvalue weighted by atomic mass is 16.1. The molecule has 0 saturated carbocycles. The molecular weight excluding hydrogens is 204 g/mol. The van der Waals surface area contributed by atoms with Crippen molar-refractivity contribution in [2.45, 2.75) is 19.3 Å². The summed E-state index contributed by atoms with van der Waals surface area (Å²) in [6.07, 6.45) is 0.487. The van der Waals surface area contributed by atoms with E-state index in [2.05, 4.69) is 5.32 Å². The van der Waals surface area contributed by atoms with Gasteiger partial charge in [0.05, 0.1) is 0 Å². The van der Waals surface area contributed by atoms with Gasteiger partial charge < -0.3 is 11.1 Å². The van der Waals surface area contributed by atoms with Crippen LogP contribution in [0.2, 0.25) is 0 Å². The van der Waals surface area contributed by atoms with Gasteiger partial charge in [-0.05, 0) is 24.6 Å². The highest BCUT2D eigenvalue weighted by Gasteiger charge is 2.23. The van der Waals surface area contributed by atoms with E-state index in [4.69, 9.17) is 5.73 Å². The van der Waals surface area contributed by atoms with Crippen molar-refractivity contribution in [1.29, 1.82) is 0 Å². The summed E-state index contributed by atoms with van der Waals surface area (Å²) in [5.41, 5.74) is 7.74. The van der Waals surface area contributed by atoms with Crippen LogP contribution in [0.15, 0.2) is 18.2 Å². The highest BCUT2D eigenvalue weighted by Crippen LogP contribution is 2.26. The van der Waals surface area contributed by atoms with Crippen molar-refractivity contribution in [3.63, 3.8) is 0 Å². The first-order chi connectivity index (χ1) is 7.58. The lowest BCUT2D eigenvalue weighted by Gasteiger charge is -2.10. The standard InChI is InChI=1S/C12H14N2O2/c1-7(15)10-4-8(2-3-11(10)13)9-5-12(16)14-6-9/h2-4,9H,5-6,13H2,1H3,(H,14,16)/t9-/m0/s1. The summed E-state index contributed by atoms with van der Waals surface area (Å²) < 4.78 is 0. The molecular formula is C12H14N2O2. The van der Waals surface area contributed by atoms with E-state index in [0.29, 0.717) is 24.2 Å². The topological polar surface area (TPSA) is 72.2 Å². The van der Waals surface area contributed by atoms with Gasteiger partial charge in [-0.15, -0.1) is 0 Å². The van der Waals surface area contributed by atoms with E-state index in [1.807, 2.05) is 6.07 Å². The van der Waals surface area contributed by atoms with E-state index in [1.165, 1.54) is 6.92 Å². The lowest BCUT2D eigenvalue weighted by Crippen LogP contribution is -2.13. The van der Waals surface area contributed by atoms with Crippen LogP contribution >= 0.6 is 0 Å². The normalized spacial score (nSPS) is 19.6. The molecule has 16 heavy (non-hydrogen) atoms. The molecule has 3 N–H and O–H groups in total. The van der Waals surface area contributed by atoms with Gasteiger partial charge in [-0.25, -0.2) is 0 Å². The minimum atomic E-state index is -0.0448. The van der Waals surface area contributed by atoms with Crippen LogP contribution < -0.4 is 11.1 Å². The van der Waals surface area contributed by atoms with Crippen molar-refractivity contribution < 1.29 is 9.59 Å². The van der Waals surface area contributed by atoms with Gasteiger partial charge in [0.2, 0.25) is 5.91 Å². The molecule has 1 aliphatic heterocycles. The fourth-order valence-corrected chi connectivity index (χ4v) is 1.97. The Morgan fingerprint density at radius 1 is 1.50 bits per heavy atom. The average molecular weight is 218 g/mol. The Morgan fingerprint density at radius 2 is 2.25 bits per heavy atom. The van der Waals surface area contributed by atoms with Crippen LogP contribution in [0.25, 0.3) is 0 Å². The first-order valence-electron chi connectivity index (χ1n) is 5.25. The van der Waals surface area contributed by atoms with Gasteiger partial charge >= 0.3 is 0 Å². The Hall–Kier alpha value is -1.84. The van der Waals surface area contributed by atoms with Gasteiger partial charge in [0.1, 0.15) is 0 Å². The second kappa shape index (κ2) is 3.96. The Labute approximate surface area is 93.8 Å². The SMILES string of the molecule is CC(=O)c1cc([C@@H]2CNC(=O)C2)ccc1N. The molecule has 4 heteroatoms. The molecule has 1 aliphatic rings. The molecule has 84 valence electrons. The third-order valence-corrected chi connectivity index (χ3v) is 2.91. The van der Waals surface area contributed by atoms with Crippen molar-refractivity contribution in [2.75, 3.05) is 12.3 Å². The first kappa shape index (κ1) is 10.7. The van der Waals surface area contributed by atoms with Crippen LogP contribution in [-0.4, -0.2) is 18.2 Å². The number of benzene rings is 1. The first-order valence-corrected chi connectivity index (χ1v) is 5.25. The fraction of sp³-hybridized carbons (Fsp3) is 0.333. The Balaban J connectivity index is 2.32. The third-order valence-electron chi connectivity index (χ3n) is 2.91. The number of rotatable bonds is 2. The Bertz CT molecular complexity index is 454. The summed E-state index contributed by atoms with van der Waals surface area (Å²) in [6, 6.07) is 5.41. The molecule has 1 aromatic carbocycles. The molecule has 0 radical (unpaired) electrons. The number of nitrogens with one attached hydrogen (secondary N) is 1. The summed E-state index contributed by atoms with van der Waals surface area (Å²) in [5.74, 6) is 0.175. The molecule has 1 heterocycles. The molecule has 1 amide bonds. The molecule has 1 atom stereocenters. The zero-order valence-electron chi connectivity index (χ0n) is 9.12. The number of carbonyl (C=O) groups excluding carboxylic acids is 2. The van der Waals surface area contributed by atoms with Crippen LogP contribution in [0.5, 0.6) is 0 Å². The van der Waals surface area contributed by atoms with Gasteiger partial charge in [0.15, 0.2) is 5.78 Å². The van der Waals surface area contributed by atoms with E-state index in [9.17, 15) is 9.59 Å². The number of hydrogen-bond acceptors (Lipinski definition) is 3. The molecule has 0 aromatic heterocycles. The average Bonchev–Trinajstić information content (AvgIpc) is 2.65. The maximum atomic E-state index is 11.3. The van der Waals surface area contributed by atoms with Gasteiger partial charge in [0.25, 0.3) is 0 Å². The van der Waals surface area contributed by atoms with Crippen molar-refractivity contribution >= 4 is 17.4 Å². The van der Waals surface area contributed by atoms with E-state index < -0.39 is 0 Å². The fourth-order valence-electron chi connectivity index (χ4n) is 1.97. The van der Waals surface area contributed by atoms with Gasteiger partial charge in [0, 0.05) is 30.1 Å². The molecule has 0 aliphatic carbocycles. The van der Waals surface area contributed by atoms with Crippen LogP contribution in [-0.2, 0) is 4.79 Å². The summed E-state index contributed by atoms with van der Waals surface area (Å²) >= 11 is 0. The highest BCUT2D eigenvalue weighted by molar-refractivity contribution is 5.99. The van der Waals surface area contributed by atoms with E-state index in [-0.39, 0.29) is 17.6 Å². The largest absolute Gasteiger partial charge is 0.398 e. The molecule has 1 fully saturated rings. The predicted molar refractivity (Wildman–Crippen MR) is 61.2 cm³/mol. The number of Topliss-reactive ketones (excluding diaryl/α,β-unsaturated/α-hetero) is 1. The number of carbonyl (C=O) groups is 2. The number of hydrogen-bond donors (Lipinski definition) is 2. The van der Waals surface area contributed by atoms with Gasteiger partial charge in [-0.2, -0.15) is 0 Å². The molecule has 4 nitrogen and oxygen atoms in total. The van der Waals surface area contributed by atoms with Gasteiger partial charge in [-0.3, -0.25) is 9.59 Å². The predicted octanol–water partition coefficient (Wildman–Crippen LogP) is 1.07. The number of nitrogens with two attached hydrogens (primary N) is 1. The number of ketones is 1. The van der Waals surface area contributed by atoms with Crippen molar-refractivity contribution in [2.24, 2.45) is 0 Å². The maximum absolute atomic E-state index is 11.3. The van der Waals surface area contributed by atoms with Gasteiger partial charge in [-0.1, -0.05) is 6.07 Å². The monoisotopic (exact) mass is 218 g/mol. The second-order valence-electron chi connectivity index (χ2n) is 4.11. The lowest BCUT2D eigenvalue weighted by atomic mass is 9.95. The second-order valence-corrected chi connectivity index (χ2v) is 4.11. The zero-order valence-corrected chi connectivity index (χ0v) is 9.12. The molecule has 1 saturated heterocycles. The molecule has 0 spiro atoms. The van der Waals surface area contributed by atoms with Crippen LogP contribution in [0.1, 0.15) is 35.2 Å². The van der Waals surface area contributed by atoms with Crippen molar-refractivity contribution in [1.82, 2.24) is 5.32 Å². The molecule has 2 rings (SSSR count). The van der Waals surface area contributed by atoms with Crippen molar-refractivity contribution in [3.8, 4) is 0 Å². The number of anilines is 1. The number of amides is 1. The van der Waals surface area contributed by atoms with Crippen LogP contribution in [0.3, 0.4) is 0 Å². The summed E-state index contributed by atoms with van der Waals surface area (Å²) in [4.78, 5) is 22.4. The maximum Gasteiger partial charge on any atom is 0.220 e. The lowest BCUT2D eigenvalue weighted by molar-refractivity contribution is -0.119. The van der Waals surface area contributed by atoms with E-state index in [1.54, 1.807) is 12.1 Å². The van der Waals surface area contributed by atoms with E-state index in [0.717, 1.165) is 5.56 Å². The molecule has 0 bridgehead atoms. The smallest absolute Gasteiger partial charge is 0.220 e. The minimum absolute atomic E-state index is 0.0448. The molecule has 0 unspecified atom stereocenters. The quantitative estimate of drug-likeness (QED) is 0.576. The third kappa shape index (κ3) is 1.91. The minimum Gasteiger partial charge on any atom is -0.398 e. The Morgan fingerprint density at radius 3 is 2.81 bits per heavy atom. The summed E-state index contributed by atoms with van der Waals surface area (Å²) in [6.45, 7) is 2.13. The van der Waals surface area contributed by atoms with Crippen LogP contribution in [0.4, 0.5) is 5.69 Å². The number of nitrogen functional groups attached to an aromatic ring is 1. The Kier molecular flexibility index (Phi) is 2.64. The zero-order chi connectivity index (χ0) is 11.7. The summed E-state index contributed by atoms with van der Waals surface area (Å²) in [5, 5.41) is 2.78.